The molecule has 0 bridgehead atoms. The standard InChI is InChI=1S/C10H17FN4O/c1-4-12-10-13-7-8(11)9(14-10)15(2)5-6-16-3/h7H,4-6H2,1-3H3,(H,12,13,14). The molecule has 0 aromatic carbocycles. The predicted octanol–water partition coefficient (Wildman–Crippen LogP) is 1.13. The number of nitrogens with zero attached hydrogens (tertiary/aromatic N) is 3. The molecule has 0 spiro atoms. The van der Waals surface area contributed by atoms with Gasteiger partial charge in [0.1, 0.15) is 0 Å². The summed E-state index contributed by atoms with van der Waals surface area (Å²) >= 11 is 0. The molecule has 0 aliphatic rings. The molecule has 5 nitrogen and oxygen atoms in total. The van der Waals surface area contributed by atoms with Crippen LogP contribution in [0.25, 0.3) is 0 Å². The van der Waals surface area contributed by atoms with Crippen molar-refractivity contribution in [3.05, 3.63) is 12.0 Å². The van der Waals surface area contributed by atoms with Gasteiger partial charge in [0.2, 0.25) is 5.95 Å². The van der Waals surface area contributed by atoms with Gasteiger partial charge in [0.15, 0.2) is 11.6 Å². The van der Waals surface area contributed by atoms with Gasteiger partial charge < -0.3 is 15.0 Å². The molecular weight excluding hydrogens is 211 g/mol. The van der Waals surface area contributed by atoms with Crippen LogP contribution in [0.4, 0.5) is 16.2 Å². The van der Waals surface area contributed by atoms with E-state index in [2.05, 4.69) is 15.3 Å². The highest BCUT2D eigenvalue weighted by molar-refractivity contribution is 5.43. The van der Waals surface area contributed by atoms with Crippen molar-refractivity contribution in [3.63, 3.8) is 0 Å². The monoisotopic (exact) mass is 228 g/mol. The molecule has 1 N–H and O–H groups in total. The lowest BCUT2D eigenvalue weighted by Crippen LogP contribution is -2.24. The third-order valence-corrected chi connectivity index (χ3v) is 2.05. The molecule has 0 radical (unpaired) electrons. The van der Waals surface area contributed by atoms with Crippen LogP contribution in [-0.2, 0) is 4.74 Å². The lowest BCUT2D eigenvalue weighted by atomic mass is 10.4. The van der Waals surface area contributed by atoms with Crippen LogP contribution >= 0.6 is 0 Å². The van der Waals surface area contributed by atoms with Crippen LogP contribution in [0.5, 0.6) is 0 Å². The minimum atomic E-state index is -0.430. The van der Waals surface area contributed by atoms with Gasteiger partial charge in [0.05, 0.1) is 12.8 Å². The van der Waals surface area contributed by atoms with E-state index in [-0.39, 0.29) is 5.82 Å². The van der Waals surface area contributed by atoms with Gasteiger partial charge in [-0.15, -0.1) is 0 Å². The van der Waals surface area contributed by atoms with Crippen LogP contribution < -0.4 is 10.2 Å². The summed E-state index contributed by atoms with van der Waals surface area (Å²) in [6, 6.07) is 0. The summed E-state index contributed by atoms with van der Waals surface area (Å²) < 4.78 is 18.4. The number of nitrogens with one attached hydrogen (secondary N) is 1. The van der Waals surface area contributed by atoms with E-state index in [0.717, 1.165) is 0 Å². The first-order valence-corrected chi connectivity index (χ1v) is 5.15. The molecule has 0 aliphatic carbocycles. The Morgan fingerprint density at radius 3 is 2.94 bits per heavy atom. The average Bonchev–Trinajstić information content (AvgIpc) is 2.29. The molecule has 0 saturated heterocycles. The van der Waals surface area contributed by atoms with Crippen LogP contribution in [0.1, 0.15) is 6.92 Å². The molecule has 0 amide bonds. The second-order valence-electron chi connectivity index (χ2n) is 3.31. The van der Waals surface area contributed by atoms with E-state index in [1.807, 2.05) is 6.92 Å². The fourth-order valence-corrected chi connectivity index (χ4v) is 1.20. The number of anilines is 2. The molecule has 0 unspecified atom stereocenters. The zero-order valence-electron chi connectivity index (χ0n) is 9.83. The van der Waals surface area contributed by atoms with Crippen LogP contribution in [0.3, 0.4) is 0 Å². The number of hydrogen-bond acceptors (Lipinski definition) is 5. The van der Waals surface area contributed by atoms with E-state index in [9.17, 15) is 4.39 Å². The molecule has 0 saturated carbocycles. The highest BCUT2D eigenvalue weighted by Gasteiger charge is 2.10. The summed E-state index contributed by atoms with van der Waals surface area (Å²) in [4.78, 5) is 9.62. The summed E-state index contributed by atoms with van der Waals surface area (Å²) in [5.41, 5.74) is 0. The first-order valence-electron chi connectivity index (χ1n) is 5.15. The second kappa shape index (κ2) is 6.22. The van der Waals surface area contributed by atoms with Gasteiger partial charge in [-0.1, -0.05) is 0 Å². The first-order chi connectivity index (χ1) is 7.69. The molecule has 0 fully saturated rings. The smallest absolute Gasteiger partial charge is 0.224 e. The van der Waals surface area contributed by atoms with Crippen molar-refractivity contribution in [3.8, 4) is 0 Å². The summed E-state index contributed by atoms with van der Waals surface area (Å²) in [6.07, 6.45) is 1.17. The fraction of sp³-hybridized carbons (Fsp3) is 0.600. The lowest BCUT2D eigenvalue weighted by molar-refractivity contribution is 0.206. The Bertz CT molecular complexity index is 335. The van der Waals surface area contributed by atoms with E-state index in [0.29, 0.717) is 25.6 Å². The van der Waals surface area contributed by atoms with E-state index >= 15 is 0 Å². The van der Waals surface area contributed by atoms with E-state index < -0.39 is 5.82 Å². The summed E-state index contributed by atoms with van der Waals surface area (Å²) in [6.45, 7) is 3.74. The maximum atomic E-state index is 13.5. The van der Waals surface area contributed by atoms with Crippen molar-refractivity contribution in [1.82, 2.24) is 9.97 Å². The topological polar surface area (TPSA) is 50.3 Å². The zero-order chi connectivity index (χ0) is 12.0. The van der Waals surface area contributed by atoms with E-state index in [4.69, 9.17) is 4.74 Å². The number of hydrogen-bond donors (Lipinski definition) is 1. The van der Waals surface area contributed by atoms with Crippen LogP contribution in [0, 0.1) is 5.82 Å². The summed E-state index contributed by atoms with van der Waals surface area (Å²) in [5.74, 6) is 0.284. The van der Waals surface area contributed by atoms with Gasteiger partial charge >= 0.3 is 0 Å². The van der Waals surface area contributed by atoms with E-state index in [1.165, 1.54) is 6.20 Å². The van der Waals surface area contributed by atoms with Gasteiger partial charge in [0, 0.05) is 27.2 Å². The fourth-order valence-electron chi connectivity index (χ4n) is 1.20. The first kappa shape index (κ1) is 12.6. The molecule has 16 heavy (non-hydrogen) atoms. The number of halogens is 1. The number of rotatable bonds is 6. The zero-order valence-corrected chi connectivity index (χ0v) is 9.83. The molecular formula is C10H17FN4O. The van der Waals surface area contributed by atoms with Crippen LogP contribution in [0.2, 0.25) is 0 Å². The molecule has 1 heterocycles. The SMILES string of the molecule is CCNc1ncc(F)c(N(C)CCOC)n1. The number of aromatic nitrogens is 2. The highest BCUT2D eigenvalue weighted by Crippen LogP contribution is 2.15. The predicted molar refractivity (Wildman–Crippen MR) is 61.3 cm³/mol. The van der Waals surface area contributed by atoms with Crippen molar-refractivity contribution < 1.29 is 9.13 Å². The maximum Gasteiger partial charge on any atom is 0.224 e. The lowest BCUT2D eigenvalue weighted by Gasteiger charge is -2.18. The largest absolute Gasteiger partial charge is 0.383 e. The summed E-state index contributed by atoms with van der Waals surface area (Å²) in [7, 11) is 3.37. The minimum Gasteiger partial charge on any atom is -0.383 e. The summed E-state index contributed by atoms with van der Waals surface area (Å²) in [5, 5.41) is 2.94. The van der Waals surface area contributed by atoms with Gasteiger partial charge in [-0.05, 0) is 6.92 Å². The van der Waals surface area contributed by atoms with Crippen molar-refractivity contribution in [2.24, 2.45) is 0 Å². The Morgan fingerprint density at radius 1 is 1.56 bits per heavy atom. The third-order valence-electron chi connectivity index (χ3n) is 2.05. The van der Waals surface area contributed by atoms with Crippen LogP contribution in [0.15, 0.2) is 6.20 Å². The molecule has 0 atom stereocenters. The maximum absolute atomic E-state index is 13.5. The Morgan fingerprint density at radius 2 is 2.31 bits per heavy atom. The number of methoxy groups -OCH3 is 1. The minimum absolute atomic E-state index is 0.281. The molecule has 90 valence electrons. The second-order valence-corrected chi connectivity index (χ2v) is 3.31. The Balaban J connectivity index is 2.79. The quantitative estimate of drug-likeness (QED) is 0.791. The molecule has 6 heteroatoms. The van der Waals surface area contributed by atoms with Crippen molar-refractivity contribution >= 4 is 11.8 Å². The van der Waals surface area contributed by atoms with Gasteiger partial charge in [0.25, 0.3) is 0 Å². The molecule has 1 rings (SSSR count). The average molecular weight is 228 g/mol. The molecule has 1 aromatic rings. The normalized spacial score (nSPS) is 10.2. The van der Waals surface area contributed by atoms with Gasteiger partial charge in [-0.2, -0.15) is 4.98 Å². The third kappa shape index (κ3) is 3.30. The van der Waals surface area contributed by atoms with Gasteiger partial charge in [-0.3, -0.25) is 0 Å². The molecule has 1 aromatic heterocycles. The van der Waals surface area contributed by atoms with Crippen molar-refractivity contribution in [2.45, 2.75) is 6.92 Å². The highest BCUT2D eigenvalue weighted by atomic mass is 19.1. The Kier molecular flexibility index (Phi) is 4.91. The number of ether oxygens (including phenoxy) is 1. The number of likely N-dealkylation sites (N-methyl/N-ethyl adjacent to an activating group) is 1. The van der Waals surface area contributed by atoms with Crippen molar-refractivity contribution in [1.29, 1.82) is 0 Å². The van der Waals surface area contributed by atoms with Crippen molar-refractivity contribution in [2.75, 3.05) is 44.1 Å². The Hall–Kier alpha value is -1.43. The Labute approximate surface area is 94.6 Å². The molecule has 0 aliphatic heterocycles. The van der Waals surface area contributed by atoms with E-state index in [1.54, 1.807) is 19.1 Å². The van der Waals surface area contributed by atoms with Crippen LogP contribution in [-0.4, -0.2) is 43.8 Å². The van der Waals surface area contributed by atoms with Gasteiger partial charge in [-0.25, -0.2) is 9.37 Å².